The molecule has 4 nitrogen and oxygen atoms in total. The summed E-state index contributed by atoms with van der Waals surface area (Å²) in [7, 11) is 0. The van der Waals surface area contributed by atoms with E-state index in [1.54, 1.807) is 18.4 Å². The van der Waals surface area contributed by atoms with E-state index in [1.165, 1.54) is 11.3 Å². The van der Waals surface area contributed by atoms with Crippen LogP contribution >= 0.6 is 34.5 Å². The average Bonchev–Trinajstić information content (AvgIpc) is 2.62. The van der Waals surface area contributed by atoms with Crippen LogP contribution in [0.4, 0.5) is 5.00 Å². The third kappa shape index (κ3) is 2.03. The molecular weight excluding hydrogens is 283 g/mol. The van der Waals surface area contributed by atoms with E-state index in [0.29, 0.717) is 17.0 Å². The Bertz CT molecular complexity index is 500. The number of hydrogen-bond donors (Lipinski definition) is 2. The van der Waals surface area contributed by atoms with Crippen molar-refractivity contribution in [3.8, 4) is 0 Å². The lowest BCUT2D eigenvalue weighted by Crippen LogP contribution is -2.26. The number of nitrogens with two attached hydrogens (primary N) is 1. The Morgan fingerprint density at radius 2 is 2.12 bits per heavy atom. The maximum atomic E-state index is 12.0. The van der Waals surface area contributed by atoms with Crippen LogP contribution in [0.5, 0.6) is 0 Å². The van der Waals surface area contributed by atoms with Gasteiger partial charge in [0.1, 0.15) is 9.33 Å². The van der Waals surface area contributed by atoms with Gasteiger partial charge in [-0.3, -0.25) is 9.59 Å². The van der Waals surface area contributed by atoms with E-state index in [9.17, 15) is 9.59 Å². The minimum Gasteiger partial charge on any atom is -0.366 e. The summed E-state index contributed by atoms with van der Waals surface area (Å²) in [6.45, 7) is 1.68. The Hall–Kier alpha value is -0.780. The number of carbonyl (C=O) groups is 2. The molecule has 1 aromatic heterocycles. The van der Waals surface area contributed by atoms with E-state index in [-0.39, 0.29) is 5.91 Å². The van der Waals surface area contributed by atoms with Gasteiger partial charge in [-0.05, 0) is 24.8 Å². The topological polar surface area (TPSA) is 72.2 Å². The molecule has 1 aliphatic carbocycles. The quantitative estimate of drug-likeness (QED) is 0.840. The zero-order chi connectivity index (χ0) is 12.8. The first-order chi connectivity index (χ1) is 7.78. The first-order valence-electron chi connectivity index (χ1n) is 4.84. The highest BCUT2D eigenvalue weighted by Gasteiger charge is 2.68. The molecule has 17 heavy (non-hydrogen) atoms. The molecule has 0 spiro atoms. The number of amides is 2. The molecule has 1 aromatic rings. The van der Waals surface area contributed by atoms with Gasteiger partial charge < -0.3 is 11.1 Å². The Kier molecular flexibility index (Phi) is 2.88. The van der Waals surface area contributed by atoms with Crippen LogP contribution in [0.3, 0.4) is 0 Å². The van der Waals surface area contributed by atoms with Gasteiger partial charge in [0.05, 0.1) is 11.0 Å². The molecule has 7 heteroatoms. The fourth-order valence-corrected chi connectivity index (χ4v) is 2.98. The van der Waals surface area contributed by atoms with Crippen molar-refractivity contribution in [2.24, 2.45) is 11.1 Å². The fourth-order valence-electron chi connectivity index (χ4n) is 1.49. The van der Waals surface area contributed by atoms with E-state index >= 15 is 0 Å². The van der Waals surface area contributed by atoms with Crippen LogP contribution in [0.1, 0.15) is 23.7 Å². The molecule has 1 aliphatic rings. The summed E-state index contributed by atoms with van der Waals surface area (Å²) < 4.78 is -1.03. The van der Waals surface area contributed by atoms with Gasteiger partial charge >= 0.3 is 0 Å². The van der Waals surface area contributed by atoms with Crippen molar-refractivity contribution in [1.29, 1.82) is 0 Å². The minimum atomic E-state index is -1.03. The molecule has 0 aliphatic heterocycles. The molecule has 2 amide bonds. The van der Waals surface area contributed by atoms with Crippen LogP contribution in [0.25, 0.3) is 0 Å². The molecule has 0 saturated heterocycles. The van der Waals surface area contributed by atoms with Crippen molar-refractivity contribution >= 4 is 51.4 Å². The molecule has 0 bridgehead atoms. The number of halogens is 2. The Labute approximate surface area is 112 Å². The summed E-state index contributed by atoms with van der Waals surface area (Å²) in [6.07, 6.45) is 0.395. The van der Waals surface area contributed by atoms with E-state index in [2.05, 4.69) is 5.32 Å². The second-order valence-electron chi connectivity index (χ2n) is 4.20. The lowest BCUT2D eigenvalue weighted by atomic mass is 10.1. The van der Waals surface area contributed by atoms with Crippen LogP contribution in [0.15, 0.2) is 11.4 Å². The second-order valence-corrected chi connectivity index (χ2v) is 6.60. The Morgan fingerprint density at radius 3 is 2.59 bits per heavy atom. The molecule has 92 valence electrons. The van der Waals surface area contributed by atoms with Crippen molar-refractivity contribution in [3.05, 3.63) is 17.0 Å². The van der Waals surface area contributed by atoms with Gasteiger partial charge in [-0.1, -0.05) is 0 Å². The molecule has 2 rings (SSSR count). The summed E-state index contributed by atoms with van der Waals surface area (Å²) >= 11 is 13.0. The normalized spacial score (nSPS) is 25.4. The van der Waals surface area contributed by atoms with Crippen LogP contribution in [-0.4, -0.2) is 16.1 Å². The Balaban J connectivity index is 2.15. The highest BCUT2D eigenvalue weighted by molar-refractivity contribution is 7.14. The number of rotatable bonds is 3. The fraction of sp³-hybridized carbons (Fsp3) is 0.400. The van der Waals surface area contributed by atoms with Gasteiger partial charge in [-0.25, -0.2) is 0 Å². The summed E-state index contributed by atoms with van der Waals surface area (Å²) in [5.41, 5.74) is 4.66. The van der Waals surface area contributed by atoms with Crippen molar-refractivity contribution in [2.45, 2.75) is 17.7 Å². The molecule has 1 heterocycles. The highest BCUT2D eigenvalue weighted by atomic mass is 35.5. The van der Waals surface area contributed by atoms with E-state index in [0.717, 1.165) is 0 Å². The van der Waals surface area contributed by atoms with E-state index in [4.69, 9.17) is 28.9 Å². The Morgan fingerprint density at radius 1 is 1.53 bits per heavy atom. The molecule has 1 saturated carbocycles. The van der Waals surface area contributed by atoms with Crippen molar-refractivity contribution in [1.82, 2.24) is 0 Å². The standard InChI is InChI=1S/C10H10Cl2N2O2S/c1-9(4-10(9,11)12)8(16)14-7-5(6(13)15)2-3-17-7/h2-3H,4H2,1H3,(H2,13,15)(H,14,16)/t9-/m0/s1. The van der Waals surface area contributed by atoms with Crippen molar-refractivity contribution in [3.63, 3.8) is 0 Å². The smallest absolute Gasteiger partial charge is 0.251 e. The monoisotopic (exact) mass is 292 g/mol. The maximum absolute atomic E-state index is 12.0. The summed E-state index contributed by atoms with van der Waals surface area (Å²) in [5, 5.41) is 4.75. The molecule has 3 N–H and O–H groups in total. The van der Waals surface area contributed by atoms with Crippen LogP contribution in [0.2, 0.25) is 0 Å². The third-order valence-electron chi connectivity index (χ3n) is 2.92. The van der Waals surface area contributed by atoms with Gasteiger partial charge in [0.25, 0.3) is 5.91 Å². The zero-order valence-electron chi connectivity index (χ0n) is 8.92. The van der Waals surface area contributed by atoms with Crippen molar-refractivity contribution < 1.29 is 9.59 Å². The predicted octanol–water partition coefficient (Wildman–Crippen LogP) is 2.37. The average molecular weight is 293 g/mol. The first-order valence-corrected chi connectivity index (χ1v) is 6.48. The summed E-state index contributed by atoms with van der Waals surface area (Å²) in [4.78, 5) is 23.0. The molecule has 0 radical (unpaired) electrons. The van der Waals surface area contributed by atoms with Gasteiger partial charge in [-0.2, -0.15) is 0 Å². The molecule has 1 atom stereocenters. The van der Waals surface area contributed by atoms with Crippen LogP contribution in [-0.2, 0) is 4.79 Å². The SMILES string of the molecule is C[C@@]1(C(=O)Nc2sccc2C(N)=O)CC1(Cl)Cl. The largest absolute Gasteiger partial charge is 0.366 e. The highest BCUT2D eigenvalue weighted by Crippen LogP contribution is 2.64. The number of nitrogens with one attached hydrogen (secondary N) is 1. The van der Waals surface area contributed by atoms with Gasteiger partial charge in [0.15, 0.2) is 0 Å². The number of carbonyl (C=O) groups excluding carboxylic acids is 2. The molecule has 1 fully saturated rings. The molecule has 0 unspecified atom stereocenters. The third-order valence-corrected chi connectivity index (χ3v) is 4.85. The molecular formula is C10H10Cl2N2O2S. The zero-order valence-corrected chi connectivity index (χ0v) is 11.2. The predicted molar refractivity (Wildman–Crippen MR) is 68.6 cm³/mol. The number of anilines is 1. The number of alkyl halides is 2. The second kappa shape index (κ2) is 3.86. The first kappa shape index (κ1) is 12.7. The summed E-state index contributed by atoms with van der Waals surface area (Å²) in [5.74, 6) is -0.877. The minimum absolute atomic E-state index is 0.294. The lowest BCUT2D eigenvalue weighted by Gasteiger charge is -2.12. The number of thiophene rings is 1. The van der Waals surface area contributed by atoms with Crippen LogP contribution in [0, 0.1) is 5.41 Å². The van der Waals surface area contributed by atoms with Crippen molar-refractivity contribution in [2.75, 3.05) is 5.32 Å². The maximum Gasteiger partial charge on any atom is 0.251 e. The summed E-state index contributed by atoms with van der Waals surface area (Å²) in [6, 6.07) is 1.56. The van der Waals surface area contributed by atoms with Crippen LogP contribution < -0.4 is 11.1 Å². The van der Waals surface area contributed by atoms with E-state index in [1.807, 2.05) is 0 Å². The number of primary amides is 1. The number of hydrogen-bond acceptors (Lipinski definition) is 3. The lowest BCUT2D eigenvalue weighted by molar-refractivity contribution is -0.120. The van der Waals surface area contributed by atoms with Gasteiger partial charge in [0.2, 0.25) is 5.91 Å². The van der Waals surface area contributed by atoms with Gasteiger partial charge in [0, 0.05) is 0 Å². The molecule has 0 aromatic carbocycles. The van der Waals surface area contributed by atoms with E-state index < -0.39 is 15.7 Å². The van der Waals surface area contributed by atoms with Gasteiger partial charge in [-0.15, -0.1) is 34.5 Å².